The molecule has 0 aliphatic heterocycles. The van der Waals surface area contributed by atoms with Gasteiger partial charge in [-0.1, -0.05) is 40.5 Å². The van der Waals surface area contributed by atoms with Crippen molar-refractivity contribution in [2.45, 2.75) is 31.8 Å². The summed E-state index contributed by atoms with van der Waals surface area (Å²) in [5, 5.41) is 9.10. The fraction of sp³-hybridized carbons (Fsp3) is 0.538. The van der Waals surface area contributed by atoms with E-state index < -0.39 is 0 Å². The third kappa shape index (κ3) is 2.84. The van der Waals surface area contributed by atoms with Gasteiger partial charge in [0.25, 0.3) is 0 Å². The molecule has 2 rings (SSSR count). The predicted molar refractivity (Wildman–Crippen MR) is 69.3 cm³/mol. The first kappa shape index (κ1) is 12.1. The van der Waals surface area contributed by atoms with Gasteiger partial charge in [-0.15, -0.1) is 0 Å². The van der Waals surface area contributed by atoms with Crippen LogP contribution in [0.5, 0.6) is 0 Å². The summed E-state index contributed by atoms with van der Waals surface area (Å²) >= 11 is 3.58. The molecule has 0 bridgehead atoms. The molecule has 88 valence electrons. The molecule has 1 aliphatic carbocycles. The zero-order valence-electron chi connectivity index (χ0n) is 9.40. The van der Waals surface area contributed by atoms with Gasteiger partial charge >= 0.3 is 0 Å². The van der Waals surface area contributed by atoms with Gasteiger partial charge in [0.1, 0.15) is 0 Å². The van der Waals surface area contributed by atoms with Crippen LogP contribution in [0.3, 0.4) is 0 Å². The molecule has 0 radical (unpaired) electrons. The second-order valence-corrected chi connectivity index (χ2v) is 5.22. The molecule has 1 aromatic rings. The highest BCUT2D eigenvalue weighted by Crippen LogP contribution is 2.27. The number of aliphatic hydroxyl groups is 1. The summed E-state index contributed by atoms with van der Waals surface area (Å²) < 4.78 is 1.16. The summed E-state index contributed by atoms with van der Waals surface area (Å²) in [7, 11) is 0. The molecule has 3 heteroatoms. The largest absolute Gasteiger partial charge is 0.395 e. The summed E-state index contributed by atoms with van der Waals surface area (Å²) in [6, 6.07) is 9.00. The minimum Gasteiger partial charge on any atom is -0.395 e. The predicted octanol–water partition coefficient (Wildman–Crippen LogP) is 2.80. The molecule has 0 atom stereocenters. The van der Waals surface area contributed by atoms with Crippen molar-refractivity contribution in [3.05, 3.63) is 34.3 Å². The van der Waals surface area contributed by atoms with Crippen molar-refractivity contribution in [3.8, 4) is 0 Å². The van der Waals surface area contributed by atoms with E-state index in [9.17, 15) is 0 Å². The van der Waals surface area contributed by atoms with Gasteiger partial charge in [0.05, 0.1) is 6.61 Å². The van der Waals surface area contributed by atoms with Gasteiger partial charge in [-0.3, -0.25) is 4.90 Å². The van der Waals surface area contributed by atoms with Gasteiger partial charge in [-0.05, 0) is 24.5 Å². The monoisotopic (exact) mass is 283 g/mol. The van der Waals surface area contributed by atoms with Crippen molar-refractivity contribution in [1.82, 2.24) is 4.90 Å². The third-order valence-corrected chi connectivity index (χ3v) is 4.08. The molecule has 0 saturated heterocycles. The van der Waals surface area contributed by atoms with Gasteiger partial charge in [0, 0.05) is 23.6 Å². The third-order valence-electron chi connectivity index (χ3n) is 3.31. The molecule has 1 saturated carbocycles. The van der Waals surface area contributed by atoms with Crippen LogP contribution in [-0.4, -0.2) is 29.2 Å². The lowest BCUT2D eigenvalue weighted by Gasteiger charge is -2.37. The fourth-order valence-electron chi connectivity index (χ4n) is 2.12. The Bertz CT molecular complexity index is 338. The SMILES string of the molecule is OCCN(Cc1ccccc1Br)C1CCC1. The molecular formula is C13H18BrNO. The zero-order valence-corrected chi connectivity index (χ0v) is 11.0. The summed E-state index contributed by atoms with van der Waals surface area (Å²) in [5.74, 6) is 0. The number of nitrogens with zero attached hydrogens (tertiary/aromatic N) is 1. The molecule has 0 aromatic heterocycles. The molecule has 2 nitrogen and oxygen atoms in total. The van der Waals surface area contributed by atoms with Crippen molar-refractivity contribution >= 4 is 15.9 Å². The molecular weight excluding hydrogens is 266 g/mol. The first-order valence-electron chi connectivity index (χ1n) is 5.89. The van der Waals surface area contributed by atoms with Crippen LogP contribution in [0.25, 0.3) is 0 Å². The fourth-order valence-corrected chi connectivity index (χ4v) is 2.53. The van der Waals surface area contributed by atoms with E-state index in [4.69, 9.17) is 5.11 Å². The normalized spacial score (nSPS) is 16.4. The second kappa shape index (κ2) is 5.80. The van der Waals surface area contributed by atoms with Crippen molar-refractivity contribution in [1.29, 1.82) is 0 Å². The molecule has 1 aliphatic rings. The number of benzene rings is 1. The van der Waals surface area contributed by atoms with Crippen LogP contribution in [0.2, 0.25) is 0 Å². The van der Waals surface area contributed by atoms with Crippen LogP contribution in [0.4, 0.5) is 0 Å². The summed E-state index contributed by atoms with van der Waals surface area (Å²) in [6.45, 7) is 1.97. The highest BCUT2D eigenvalue weighted by atomic mass is 79.9. The second-order valence-electron chi connectivity index (χ2n) is 4.37. The minimum absolute atomic E-state index is 0.251. The van der Waals surface area contributed by atoms with Crippen LogP contribution in [0.1, 0.15) is 24.8 Å². The van der Waals surface area contributed by atoms with E-state index in [0.717, 1.165) is 17.6 Å². The molecule has 0 spiro atoms. The Hall–Kier alpha value is -0.380. The van der Waals surface area contributed by atoms with Crippen molar-refractivity contribution in [2.24, 2.45) is 0 Å². The van der Waals surface area contributed by atoms with Gasteiger partial charge in [0.15, 0.2) is 0 Å². The lowest BCUT2D eigenvalue weighted by atomic mass is 9.91. The standard InChI is InChI=1S/C13H18BrNO/c14-13-7-2-1-4-11(13)10-15(8-9-16)12-5-3-6-12/h1-2,4,7,12,16H,3,5-6,8-10H2. The Morgan fingerprint density at radius 1 is 1.31 bits per heavy atom. The molecule has 1 aromatic carbocycles. The molecule has 16 heavy (non-hydrogen) atoms. The van der Waals surface area contributed by atoms with Crippen molar-refractivity contribution < 1.29 is 5.11 Å². The van der Waals surface area contributed by atoms with E-state index >= 15 is 0 Å². The first-order valence-corrected chi connectivity index (χ1v) is 6.69. The Morgan fingerprint density at radius 3 is 2.62 bits per heavy atom. The number of hydrogen-bond acceptors (Lipinski definition) is 2. The Balaban J connectivity index is 2.01. The lowest BCUT2D eigenvalue weighted by Crippen LogP contribution is -2.41. The van der Waals surface area contributed by atoms with Crippen molar-refractivity contribution in [2.75, 3.05) is 13.2 Å². The Labute approximate surface area is 105 Å². The minimum atomic E-state index is 0.251. The molecule has 1 fully saturated rings. The van der Waals surface area contributed by atoms with Crippen LogP contribution in [0.15, 0.2) is 28.7 Å². The summed E-state index contributed by atoms with van der Waals surface area (Å²) in [5.41, 5.74) is 1.31. The van der Waals surface area contributed by atoms with Gasteiger partial charge < -0.3 is 5.11 Å². The van der Waals surface area contributed by atoms with E-state index in [-0.39, 0.29) is 6.61 Å². The Morgan fingerprint density at radius 2 is 2.06 bits per heavy atom. The Kier molecular flexibility index (Phi) is 4.38. The van der Waals surface area contributed by atoms with Crippen LogP contribution < -0.4 is 0 Å². The van der Waals surface area contributed by atoms with Gasteiger partial charge in [-0.2, -0.15) is 0 Å². The van der Waals surface area contributed by atoms with E-state index in [1.165, 1.54) is 24.8 Å². The molecule has 0 heterocycles. The van der Waals surface area contributed by atoms with Crippen molar-refractivity contribution in [3.63, 3.8) is 0 Å². The number of rotatable bonds is 5. The van der Waals surface area contributed by atoms with E-state index in [1.807, 2.05) is 6.07 Å². The van der Waals surface area contributed by atoms with E-state index in [1.54, 1.807) is 0 Å². The van der Waals surface area contributed by atoms with Crippen LogP contribution in [-0.2, 0) is 6.54 Å². The van der Waals surface area contributed by atoms with Crippen LogP contribution in [0, 0.1) is 0 Å². The van der Waals surface area contributed by atoms with E-state index in [2.05, 4.69) is 39.0 Å². The summed E-state index contributed by atoms with van der Waals surface area (Å²) in [6.07, 6.45) is 3.90. The number of halogens is 1. The van der Waals surface area contributed by atoms with Gasteiger partial charge in [0.2, 0.25) is 0 Å². The smallest absolute Gasteiger partial charge is 0.0558 e. The zero-order chi connectivity index (χ0) is 11.4. The maximum Gasteiger partial charge on any atom is 0.0558 e. The average Bonchev–Trinajstić information content (AvgIpc) is 2.19. The highest BCUT2D eigenvalue weighted by molar-refractivity contribution is 9.10. The van der Waals surface area contributed by atoms with Gasteiger partial charge in [-0.25, -0.2) is 0 Å². The summed E-state index contributed by atoms with van der Waals surface area (Å²) in [4.78, 5) is 2.39. The maximum absolute atomic E-state index is 9.10. The lowest BCUT2D eigenvalue weighted by molar-refractivity contribution is 0.0944. The van der Waals surface area contributed by atoms with Crippen LogP contribution >= 0.6 is 15.9 Å². The average molecular weight is 284 g/mol. The van der Waals surface area contributed by atoms with E-state index in [0.29, 0.717) is 6.04 Å². The topological polar surface area (TPSA) is 23.5 Å². The highest BCUT2D eigenvalue weighted by Gasteiger charge is 2.24. The number of aliphatic hydroxyl groups excluding tert-OH is 1. The molecule has 0 amide bonds. The molecule has 0 unspecified atom stereocenters. The molecule has 1 N–H and O–H groups in total. The maximum atomic E-state index is 9.10. The first-order chi connectivity index (χ1) is 7.81. The number of hydrogen-bond donors (Lipinski definition) is 1. The quantitative estimate of drug-likeness (QED) is 0.898.